The van der Waals surface area contributed by atoms with Gasteiger partial charge in [-0.05, 0) is 51.4 Å². The van der Waals surface area contributed by atoms with Gasteiger partial charge in [-0.1, -0.05) is 165 Å². The highest BCUT2D eigenvalue weighted by Crippen LogP contribution is 2.43. The summed E-state index contributed by atoms with van der Waals surface area (Å²) in [6.45, 7) is 4.81. The summed E-state index contributed by atoms with van der Waals surface area (Å²) in [4.78, 5) is 23.0. The number of aliphatic hydroxyl groups is 1. The molecule has 0 saturated carbocycles. The maximum Gasteiger partial charge on any atom is 0.472 e. The van der Waals surface area contributed by atoms with E-state index in [1.54, 1.807) is 0 Å². The molecule has 53 heavy (non-hydrogen) atoms. The van der Waals surface area contributed by atoms with Gasteiger partial charge in [0.25, 0.3) is 0 Å². The number of phosphoric ester groups is 1. The molecule has 0 aromatic carbocycles. The Morgan fingerprint density at radius 2 is 1.08 bits per heavy atom. The Balaban J connectivity index is 4.44. The number of aliphatic hydroxyl groups excluding tert-OH is 1. The number of hydrogen-bond donors (Lipinski definition) is 3. The molecule has 0 aromatic heterocycles. The van der Waals surface area contributed by atoms with Crippen molar-refractivity contribution in [2.45, 2.75) is 187 Å². The summed E-state index contributed by atoms with van der Waals surface area (Å²) in [6.07, 6.45) is 44.4. The summed E-state index contributed by atoms with van der Waals surface area (Å²) in [5.74, 6) is -0.202. The van der Waals surface area contributed by atoms with Crippen molar-refractivity contribution in [2.75, 3.05) is 40.9 Å². The van der Waals surface area contributed by atoms with Crippen LogP contribution >= 0.6 is 7.82 Å². The zero-order valence-electron chi connectivity index (χ0n) is 35.0. The SMILES string of the molecule is CCCCCCCCC/C=C/C/C=C/C/C=C/C/C=C/CCCC(=O)N[C@@H](COP(=O)(O)OCC[N+](C)(C)C)[C@H](O)CCCCCCCCCCCC. The number of nitrogens with zero attached hydrogens (tertiary/aromatic N) is 1. The lowest BCUT2D eigenvalue weighted by atomic mass is 10.0. The summed E-state index contributed by atoms with van der Waals surface area (Å²) in [6, 6.07) is -0.788. The van der Waals surface area contributed by atoms with Crippen LogP contribution < -0.4 is 5.32 Å². The number of carbonyl (C=O) groups is 1. The van der Waals surface area contributed by atoms with E-state index < -0.39 is 20.0 Å². The van der Waals surface area contributed by atoms with Crippen molar-refractivity contribution in [3.8, 4) is 0 Å². The van der Waals surface area contributed by atoms with Gasteiger partial charge in [-0.3, -0.25) is 13.8 Å². The third-order valence-electron chi connectivity index (χ3n) is 9.33. The normalized spacial score (nSPS) is 14.9. The van der Waals surface area contributed by atoms with Crippen LogP contribution in [-0.2, 0) is 18.4 Å². The molecule has 1 amide bonds. The van der Waals surface area contributed by atoms with Crippen molar-refractivity contribution >= 4 is 13.7 Å². The molecule has 0 heterocycles. The van der Waals surface area contributed by atoms with Crippen LogP contribution in [0.4, 0.5) is 0 Å². The molecule has 0 saturated heterocycles. The Hall–Kier alpha value is -1.54. The minimum atomic E-state index is -4.32. The van der Waals surface area contributed by atoms with Crippen LogP contribution in [-0.4, -0.2) is 73.4 Å². The van der Waals surface area contributed by atoms with Crippen LogP contribution in [0.1, 0.15) is 174 Å². The van der Waals surface area contributed by atoms with Crippen molar-refractivity contribution in [3.63, 3.8) is 0 Å². The van der Waals surface area contributed by atoms with E-state index in [4.69, 9.17) is 9.05 Å². The maximum absolute atomic E-state index is 12.8. The summed E-state index contributed by atoms with van der Waals surface area (Å²) >= 11 is 0. The summed E-state index contributed by atoms with van der Waals surface area (Å²) in [5.41, 5.74) is 0. The average molecular weight is 768 g/mol. The second-order valence-electron chi connectivity index (χ2n) is 15.7. The van der Waals surface area contributed by atoms with Crippen LogP contribution in [0.2, 0.25) is 0 Å². The average Bonchev–Trinajstić information content (AvgIpc) is 3.10. The first-order valence-electron chi connectivity index (χ1n) is 21.5. The quantitative estimate of drug-likeness (QED) is 0.0250. The van der Waals surface area contributed by atoms with Crippen LogP contribution in [0, 0.1) is 0 Å². The molecule has 0 radical (unpaired) electrons. The number of carbonyl (C=O) groups excluding carboxylic acids is 1. The van der Waals surface area contributed by atoms with E-state index in [1.165, 1.54) is 96.3 Å². The van der Waals surface area contributed by atoms with Gasteiger partial charge in [-0.15, -0.1) is 0 Å². The number of rotatable bonds is 38. The van der Waals surface area contributed by atoms with E-state index in [-0.39, 0.29) is 19.1 Å². The van der Waals surface area contributed by atoms with Crippen LogP contribution in [0.3, 0.4) is 0 Å². The second kappa shape index (κ2) is 36.1. The third-order valence-corrected chi connectivity index (χ3v) is 10.3. The molecular weight excluding hydrogens is 683 g/mol. The first-order chi connectivity index (χ1) is 25.5. The smallest absolute Gasteiger partial charge is 0.391 e. The molecule has 3 N–H and O–H groups in total. The number of allylic oxidation sites excluding steroid dienone is 8. The molecule has 0 aliphatic heterocycles. The van der Waals surface area contributed by atoms with E-state index in [2.05, 4.69) is 67.8 Å². The summed E-state index contributed by atoms with van der Waals surface area (Å²) in [7, 11) is 1.57. The molecule has 1 unspecified atom stereocenters. The fourth-order valence-corrected chi connectivity index (χ4v) is 6.60. The van der Waals surface area contributed by atoms with Gasteiger partial charge in [0.05, 0.1) is 39.9 Å². The number of hydrogen-bond acceptors (Lipinski definition) is 5. The van der Waals surface area contributed by atoms with E-state index in [0.717, 1.165) is 44.9 Å². The number of nitrogens with one attached hydrogen (secondary N) is 1. The molecule has 0 bridgehead atoms. The van der Waals surface area contributed by atoms with Crippen molar-refractivity contribution in [2.24, 2.45) is 0 Å². The lowest BCUT2D eigenvalue weighted by Gasteiger charge is -2.26. The molecule has 0 aromatic rings. The molecule has 0 fully saturated rings. The Morgan fingerprint density at radius 3 is 1.57 bits per heavy atom. The monoisotopic (exact) mass is 768 g/mol. The highest BCUT2D eigenvalue weighted by molar-refractivity contribution is 7.47. The Labute approximate surface area is 327 Å². The first-order valence-corrected chi connectivity index (χ1v) is 23.0. The van der Waals surface area contributed by atoms with Gasteiger partial charge in [0.2, 0.25) is 5.91 Å². The third kappa shape index (κ3) is 38.5. The van der Waals surface area contributed by atoms with E-state index in [9.17, 15) is 19.4 Å². The van der Waals surface area contributed by atoms with Gasteiger partial charge in [-0.25, -0.2) is 4.57 Å². The number of phosphoric acid groups is 1. The number of unbranched alkanes of at least 4 members (excludes halogenated alkanes) is 17. The second-order valence-corrected chi connectivity index (χ2v) is 17.2. The van der Waals surface area contributed by atoms with Crippen LogP contribution in [0.5, 0.6) is 0 Å². The largest absolute Gasteiger partial charge is 0.472 e. The zero-order valence-corrected chi connectivity index (χ0v) is 35.9. The summed E-state index contributed by atoms with van der Waals surface area (Å²) < 4.78 is 23.5. The van der Waals surface area contributed by atoms with Crippen LogP contribution in [0.15, 0.2) is 48.6 Å². The molecule has 0 aliphatic rings. The molecule has 310 valence electrons. The van der Waals surface area contributed by atoms with E-state index in [1.807, 2.05) is 21.1 Å². The molecule has 8 nitrogen and oxygen atoms in total. The highest BCUT2D eigenvalue weighted by Gasteiger charge is 2.28. The predicted octanol–water partition coefficient (Wildman–Crippen LogP) is 11.7. The highest BCUT2D eigenvalue weighted by atomic mass is 31.2. The van der Waals surface area contributed by atoms with Gasteiger partial charge in [0.1, 0.15) is 13.2 Å². The topological polar surface area (TPSA) is 105 Å². The molecule has 0 spiro atoms. The van der Waals surface area contributed by atoms with Crippen molar-refractivity contribution in [1.29, 1.82) is 0 Å². The first kappa shape index (κ1) is 51.5. The Bertz CT molecular complexity index is 1010. The van der Waals surface area contributed by atoms with Gasteiger partial charge in [0, 0.05) is 6.42 Å². The molecular formula is C44H84N2O6P+. The fourth-order valence-electron chi connectivity index (χ4n) is 5.86. The van der Waals surface area contributed by atoms with Crippen molar-refractivity contribution in [1.82, 2.24) is 5.32 Å². The predicted molar refractivity (Wildman–Crippen MR) is 226 cm³/mol. The molecule has 3 atom stereocenters. The minimum Gasteiger partial charge on any atom is -0.391 e. The van der Waals surface area contributed by atoms with Gasteiger partial charge in [-0.2, -0.15) is 0 Å². The van der Waals surface area contributed by atoms with Crippen molar-refractivity contribution in [3.05, 3.63) is 48.6 Å². The lowest BCUT2D eigenvalue weighted by molar-refractivity contribution is -0.870. The van der Waals surface area contributed by atoms with Gasteiger partial charge >= 0.3 is 7.82 Å². The number of amides is 1. The standard InChI is InChI=1S/C44H83N2O6P/c1-6-8-10-12-14-16-18-19-20-21-22-23-24-25-26-27-28-30-32-34-36-38-44(48)45-42(41-52-53(49,50)51-40-39-46(3,4)5)43(47)37-35-33-31-29-17-15-13-11-9-7-2/h20-21,23-24,26-27,30,32,42-43,47H,6-19,22,25,28-29,31,33-41H2,1-5H3,(H-,45,48,49,50)/p+1/b21-20+,24-23+,27-26+,32-30+/t42-,43+/m0/s1. The Morgan fingerprint density at radius 1 is 0.642 bits per heavy atom. The number of likely N-dealkylation sites (N-methyl/N-ethyl adjacent to an activating group) is 1. The van der Waals surface area contributed by atoms with E-state index >= 15 is 0 Å². The number of quaternary nitrogens is 1. The summed E-state index contributed by atoms with van der Waals surface area (Å²) in [5, 5.41) is 13.8. The van der Waals surface area contributed by atoms with Gasteiger partial charge in [0.15, 0.2) is 0 Å². The van der Waals surface area contributed by atoms with Crippen molar-refractivity contribution < 1.29 is 32.9 Å². The van der Waals surface area contributed by atoms with Crippen LogP contribution in [0.25, 0.3) is 0 Å². The molecule has 0 rings (SSSR count). The lowest BCUT2D eigenvalue weighted by Crippen LogP contribution is -2.46. The molecule has 9 heteroatoms. The van der Waals surface area contributed by atoms with E-state index in [0.29, 0.717) is 30.3 Å². The maximum atomic E-state index is 12.8. The van der Waals surface area contributed by atoms with Gasteiger partial charge < -0.3 is 19.8 Å². The zero-order chi connectivity index (χ0) is 39.3. The fraction of sp³-hybridized carbons (Fsp3) is 0.795. The Kier molecular flexibility index (Phi) is 35.1. The minimum absolute atomic E-state index is 0.0626. The molecule has 0 aliphatic carbocycles.